The van der Waals surface area contributed by atoms with Crippen molar-refractivity contribution in [1.82, 2.24) is 9.97 Å². The van der Waals surface area contributed by atoms with Crippen molar-refractivity contribution in [2.24, 2.45) is 0 Å². The Bertz CT molecular complexity index is 1060. The maximum absolute atomic E-state index is 12.7. The van der Waals surface area contributed by atoms with Crippen LogP contribution in [-0.4, -0.2) is 15.8 Å². The third kappa shape index (κ3) is 4.67. The lowest BCUT2D eigenvalue weighted by molar-refractivity contribution is -0.137. The van der Waals surface area contributed by atoms with Crippen molar-refractivity contribution >= 4 is 17.4 Å². The second-order valence-electron chi connectivity index (χ2n) is 6.07. The van der Waals surface area contributed by atoms with Gasteiger partial charge in [0.1, 0.15) is 11.5 Å². The van der Waals surface area contributed by atoms with Crippen LogP contribution in [-0.2, 0) is 12.6 Å². The molecule has 4 nitrogen and oxygen atoms in total. The molecule has 0 bridgehead atoms. The SMILES string of the molecule is O=C(CCc1ccc(C(F)(F)F)cc1Cl)c1cc(=O)[nH]c(-c2ccccc2)n1. The molecule has 2 aromatic carbocycles. The Morgan fingerprint density at radius 1 is 1.07 bits per heavy atom. The van der Waals surface area contributed by atoms with Gasteiger partial charge in [-0.3, -0.25) is 9.59 Å². The Kier molecular flexibility index (Phi) is 5.65. The smallest absolute Gasteiger partial charge is 0.306 e. The fourth-order valence-corrected chi connectivity index (χ4v) is 2.91. The van der Waals surface area contributed by atoms with Gasteiger partial charge in [-0.2, -0.15) is 13.2 Å². The number of nitrogens with zero attached hydrogens (tertiary/aromatic N) is 1. The summed E-state index contributed by atoms with van der Waals surface area (Å²) in [6.07, 6.45) is -4.40. The van der Waals surface area contributed by atoms with E-state index in [4.69, 9.17) is 11.6 Å². The van der Waals surface area contributed by atoms with Gasteiger partial charge in [-0.25, -0.2) is 4.98 Å². The highest BCUT2D eigenvalue weighted by Gasteiger charge is 2.30. The fourth-order valence-electron chi connectivity index (χ4n) is 2.64. The topological polar surface area (TPSA) is 62.8 Å². The molecule has 1 heterocycles. The van der Waals surface area contributed by atoms with E-state index >= 15 is 0 Å². The molecule has 3 aromatic rings. The van der Waals surface area contributed by atoms with Crippen molar-refractivity contribution < 1.29 is 18.0 Å². The zero-order valence-corrected chi connectivity index (χ0v) is 15.1. The van der Waals surface area contributed by atoms with E-state index in [1.165, 1.54) is 6.07 Å². The number of aromatic amines is 1. The van der Waals surface area contributed by atoms with Gasteiger partial charge in [0.15, 0.2) is 5.78 Å². The number of hydrogen-bond donors (Lipinski definition) is 1. The third-order valence-corrected chi connectivity index (χ3v) is 4.43. The van der Waals surface area contributed by atoms with Crippen molar-refractivity contribution in [2.45, 2.75) is 19.0 Å². The Labute approximate surface area is 163 Å². The van der Waals surface area contributed by atoms with Crippen molar-refractivity contribution in [3.05, 3.63) is 86.8 Å². The van der Waals surface area contributed by atoms with Crippen molar-refractivity contribution in [2.75, 3.05) is 0 Å². The maximum atomic E-state index is 12.7. The molecule has 1 aromatic heterocycles. The summed E-state index contributed by atoms with van der Waals surface area (Å²) in [4.78, 5) is 31.1. The molecular weight excluding hydrogens is 393 g/mol. The molecule has 0 atom stereocenters. The Hall–Kier alpha value is -2.93. The van der Waals surface area contributed by atoms with Gasteiger partial charge in [-0.1, -0.05) is 48.0 Å². The number of benzene rings is 2. The lowest BCUT2D eigenvalue weighted by Crippen LogP contribution is -2.14. The molecule has 0 fully saturated rings. The van der Waals surface area contributed by atoms with E-state index in [1.807, 2.05) is 6.07 Å². The van der Waals surface area contributed by atoms with E-state index in [-0.39, 0.29) is 29.4 Å². The van der Waals surface area contributed by atoms with Gasteiger partial charge >= 0.3 is 6.18 Å². The highest BCUT2D eigenvalue weighted by atomic mass is 35.5. The van der Waals surface area contributed by atoms with Crippen LogP contribution >= 0.6 is 11.6 Å². The number of ketones is 1. The molecule has 0 aliphatic carbocycles. The summed E-state index contributed by atoms with van der Waals surface area (Å²) in [5.74, 6) is -0.136. The molecule has 0 amide bonds. The molecule has 0 spiro atoms. The summed E-state index contributed by atoms with van der Waals surface area (Å²) in [6.45, 7) is 0. The third-order valence-electron chi connectivity index (χ3n) is 4.08. The van der Waals surface area contributed by atoms with Crippen molar-refractivity contribution in [3.63, 3.8) is 0 Å². The molecule has 0 saturated carbocycles. The van der Waals surface area contributed by atoms with Crippen LogP contribution in [0.5, 0.6) is 0 Å². The predicted octanol–water partition coefficient (Wildman–Crippen LogP) is 4.92. The van der Waals surface area contributed by atoms with E-state index in [9.17, 15) is 22.8 Å². The normalized spacial score (nSPS) is 11.4. The number of alkyl halides is 3. The van der Waals surface area contributed by atoms with Crippen LogP contribution in [0, 0.1) is 0 Å². The standard InChI is InChI=1S/C20H14ClF3N2O2/c21-15-10-14(20(22,23)24)8-6-12(15)7-9-17(27)16-11-18(28)26-19(25-16)13-4-2-1-3-5-13/h1-6,8,10-11H,7,9H2,(H,25,26,28). The average Bonchev–Trinajstić information content (AvgIpc) is 2.66. The minimum absolute atomic E-state index is 0.00867. The molecular formula is C20H14ClF3N2O2. The number of nitrogens with one attached hydrogen (secondary N) is 1. The van der Waals surface area contributed by atoms with E-state index in [1.54, 1.807) is 24.3 Å². The Morgan fingerprint density at radius 3 is 2.43 bits per heavy atom. The minimum atomic E-state index is -4.49. The molecule has 3 rings (SSSR count). The minimum Gasteiger partial charge on any atom is -0.306 e. The lowest BCUT2D eigenvalue weighted by Gasteiger charge is -2.10. The first-order chi connectivity index (χ1) is 13.2. The number of halogens is 4. The van der Waals surface area contributed by atoms with Gasteiger partial charge in [0, 0.05) is 23.1 Å². The van der Waals surface area contributed by atoms with Crippen LogP contribution in [0.2, 0.25) is 5.02 Å². The number of Topliss-reactive ketones (excluding diaryl/α,β-unsaturated/α-hetero) is 1. The summed E-state index contributed by atoms with van der Waals surface area (Å²) < 4.78 is 38.1. The fraction of sp³-hybridized carbons (Fsp3) is 0.150. The first-order valence-corrected chi connectivity index (χ1v) is 8.67. The average molecular weight is 407 g/mol. The summed E-state index contributed by atoms with van der Waals surface area (Å²) >= 11 is 5.91. The second kappa shape index (κ2) is 7.98. The predicted molar refractivity (Wildman–Crippen MR) is 99.4 cm³/mol. The Balaban J connectivity index is 1.77. The number of hydrogen-bond acceptors (Lipinski definition) is 3. The van der Waals surface area contributed by atoms with E-state index in [0.717, 1.165) is 18.2 Å². The molecule has 0 aliphatic rings. The van der Waals surface area contributed by atoms with Crippen LogP contribution in [0.25, 0.3) is 11.4 Å². The molecule has 0 radical (unpaired) electrons. The van der Waals surface area contributed by atoms with Gasteiger partial charge in [0.05, 0.1) is 5.56 Å². The first-order valence-electron chi connectivity index (χ1n) is 8.29. The summed E-state index contributed by atoms with van der Waals surface area (Å²) in [6, 6.07) is 13.0. The number of carbonyl (C=O) groups excluding carboxylic acids is 1. The highest BCUT2D eigenvalue weighted by molar-refractivity contribution is 6.31. The number of rotatable bonds is 5. The van der Waals surface area contributed by atoms with Gasteiger partial charge in [0.2, 0.25) is 0 Å². The van der Waals surface area contributed by atoms with Crippen molar-refractivity contribution in [1.29, 1.82) is 0 Å². The molecule has 0 aliphatic heterocycles. The van der Waals surface area contributed by atoms with E-state index < -0.39 is 23.1 Å². The largest absolute Gasteiger partial charge is 0.416 e. The first kappa shape index (κ1) is 19.8. The molecule has 144 valence electrons. The molecule has 0 unspecified atom stereocenters. The van der Waals surface area contributed by atoms with Gasteiger partial charge in [-0.05, 0) is 24.1 Å². The lowest BCUT2D eigenvalue weighted by atomic mass is 10.0. The maximum Gasteiger partial charge on any atom is 0.416 e. The summed E-state index contributed by atoms with van der Waals surface area (Å²) in [5, 5.41) is -0.0635. The van der Waals surface area contributed by atoms with Crippen LogP contribution in [0.1, 0.15) is 28.0 Å². The van der Waals surface area contributed by atoms with Crippen LogP contribution in [0.15, 0.2) is 59.4 Å². The zero-order chi connectivity index (χ0) is 20.3. The number of aryl methyl sites for hydroxylation is 1. The number of carbonyl (C=O) groups is 1. The summed E-state index contributed by atoms with van der Waals surface area (Å²) in [7, 11) is 0. The van der Waals surface area contributed by atoms with Crippen LogP contribution in [0.4, 0.5) is 13.2 Å². The second-order valence-corrected chi connectivity index (χ2v) is 6.48. The van der Waals surface area contributed by atoms with Crippen molar-refractivity contribution in [3.8, 4) is 11.4 Å². The van der Waals surface area contributed by atoms with E-state index in [2.05, 4.69) is 9.97 Å². The van der Waals surface area contributed by atoms with Gasteiger partial charge < -0.3 is 4.98 Å². The van der Waals surface area contributed by atoms with Gasteiger partial charge in [0.25, 0.3) is 5.56 Å². The monoisotopic (exact) mass is 406 g/mol. The molecule has 0 saturated heterocycles. The number of aromatic nitrogens is 2. The van der Waals surface area contributed by atoms with Crippen LogP contribution < -0.4 is 5.56 Å². The zero-order valence-electron chi connectivity index (χ0n) is 14.4. The van der Waals surface area contributed by atoms with E-state index in [0.29, 0.717) is 11.1 Å². The van der Waals surface area contributed by atoms with Crippen LogP contribution in [0.3, 0.4) is 0 Å². The molecule has 8 heteroatoms. The summed E-state index contributed by atoms with van der Waals surface area (Å²) in [5.41, 5.74) is -0.261. The highest BCUT2D eigenvalue weighted by Crippen LogP contribution is 2.32. The molecule has 1 N–H and O–H groups in total. The van der Waals surface area contributed by atoms with Gasteiger partial charge in [-0.15, -0.1) is 0 Å². The quantitative estimate of drug-likeness (QED) is 0.611. The molecule has 28 heavy (non-hydrogen) atoms. The Morgan fingerprint density at radius 2 is 1.79 bits per heavy atom. The number of H-pyrrole nitrogens is 1.